The molecular formula is C60H67ClF2N9O5+. The van der Waals surface area contributed by atoms with E-state index in [1.54, 1.807) is 61.5 Å². The Bertz CT molecular complexity index is 3100. The second kappa shape index (κ2) is 25.1. The van der Waals surface area contributed by atoms with Crippen LogP contribution in [-0.2, 0) is 14.3 Å². The van der Waals surface area contributed by atoms with Gasteiger partial charge in [-0.15, -0.1) is 0 Å². The summed E-state index contributed by atoms with van der Waals surface area (Å²) in [6, 6.07) is 27.0. The fraction of sp³-hybridized carbons (Fsp3) is 0.350. The van der Waals surface area contributed by atoms with Crippen molar-refractivity contribution in [1.82, 2.24) is 15.6 Å². The summed E-state index contributed by atoms with van der Waals surface area (Å²) in [5, 5.41) is 9.92. The fourth-order valence-corrected chi connectivity index (χ4v) is 11.2. The maximum Gasteiger partial charge on any atom is 0.281 e. The Morgan fingerprint density at radius 3 is 2.32 bits per heavy atom. The zero-order valence-electron chi connectivity index (χ0n) is 43.5. The SMILES string of the molecule is C=CC(=O)NCCOCC1CCN(c2cc[n+](-c3ccc(F)c(-c4c(C(=O)N[C@@H](CC(N)=O)c5cccc(Cl)c5)c[nH]c4C(=O)c4ccc(N5CCCCC5)cc4)c3C)c(N[C@@H]3CCCN(c4cccc(F)c4)C3)c2)CC1. The Hall–Kier alpha value is -7.56. The number of aromatic amines is 1. The number of nitrogens with two attached hydrogens (primary N) is 1. The van der Waals surface area contributed by atoms with E-state index in [1.165, 1.54) is 30.8 Å². The van der Waals surface area contributed by atoms with Crippen LogP contribution in [0.3, 0.4) is 0 Å². The van der Waals surface area contributed by atoms with Gasteiger partial charge in [0.1, 0.15) is 23.4 Å². The van der Waals surface area contributed by atoms with Crippen molar-refractivity contribution in [2.45, 2.75) is 70.4 Å². The number of nitrogens with one attached hydrogen (secondary N) is 4. The minimum atomic E-state index is -0.901. The molecule has 0 spiro atoms. The quantitative estimate of drug-likeness (QED) is 0.0217. The number of ether oxygens (including phenoxy) is 1. The summed E-state index contributed by atoms with van der Waals surface area (Å²) in [6.07, 6.45) is 11.2. The van der Waals surface area contributed by atoms with Gasteiger partial charge in [0.15, 0.2) is 0 Å². The number of halogens is 3. The first-order valence-corrected chi connectivity index (χ1v) is 27.0. The number of rotatable bonds is 20. The summed E-state index contributed by atoms with van der Waals surface area (Å²) in [7, 11) is 0. The molecule has 2 atom stereocenters. The topological polar surface area (TPSA) is 169 Å². The van der Waals surface area contributed by atoms with Crippen molar-refractivity contribution >= 4 is 58.0 Å². The molecule has 0 radical (unpaired) electrons. The van der Waals surface area contributed by atoms with E-state index in [1.807, 2.05) is 35.0 Å². The molecule has 0 bridgehead atoms. The lowest BCUT2D eigenvalue weighted by Crippen LogP contribution is -2.45. The second-order valence-corrected chi connectivity index (χ2v) is 20.7. The molecular weight excluding hydrogens is 1000 g/mol. The number of benzene rings is 4. The number of nitrogens with zero attached hydrogens (tertiary/aromatic N) is 4. The molecule has 9 rings (SSSR count). The number of hydrogen-bond acceptors (Lipinski definition) is 9. The van der Waals surface area contributed by atoms with Gasteiger partial charge in [0.05, 0.1) is 49.1 Å². The molecule has 77 heavy (non-hydrogen) atoms. The van der Waals surface area contributed by atoms with Gasteiger partial charge in [-0.05, 0) is 136 Å². The third-order valence-electron chi connectivity index (χ3n) is 15.0. The van der Waals surface area contributed by atoms with E-state index in [0.717, 1.165) is 94.1 Å². The van der Waals surface area contributed by atoms with Crippen LogP contribution in [0.1, 0.15) is 94.9 Å². The van der Waals surface area contributed by atoms with Crippen molar-refractivity contribution in [3.8, 4) is 16.8 Å². The maximum atomic E-state index is 17.2. The number of hydrogen-bond donors (Lipinski definition) is 5. The minimum Gasteiger partial charge on any atom is -0.379 e. The maximum absolute atomic E-state index is 17.2. The third kappa shape index (κ3) is 13.2. The van der Waals surface area contributed by atoms with Crippen LogP contribution in [0.2, 0.25) is 5.02 Å². The number of aromatic nitrogens is 2. The third-order valence-corrected chi connectivity index (χ3v) is 15.2. The molecule has 3 saturated heterocycles. The zero-order valence-corrected chi connectivity index (χ0v) is 44.2. The molecule has 14 nitrogen and oxygen atoms in total. The lowest BCUT2D eigenvalue weighted by atomic mass is 9.92. The molecule has 6 aromatic rings. The van der Waals surface area contributed by atoms with Crippen molar-refractivity contribution < 1.29 is 37.3 Å². The molecule has 0 saturated carbocycles. The van der Waals surface area contributed by atoms with Crippen LogP contribution in [0.5, 0.6) is 0 Å². The van der Waals surface area contributed by atoms with Gasteiger partial charge in [-0.2, -0.15) is 4.57 Å². The molecule has 3 aliphatic heterocycles. The molecule has 5 heterocycles. The van der Waals surface area contributed by atoms with Gasteiger partial charge in [0, 0.05) is 102 Å². The monoisotopic (exact) mass is 1070 g/mol. The molecule has 4 aromatic carbocycles. The van der Waals surface area contributed by atoms with Crippen LogP contribution in [0.25, 0.3) is 16.8 Å². The van der Waals surface area contributed by atoms with E-state index >= 15 is 4.39 Å². The molecule has 0 unspecified atom stereocenters. The summed E-state index contributed by atoms with van der Waals surface area (Å²) >= 11 is 6.37. The highest BCUT2D eigenvalue weighted by molar-refractivity contribution is 6.30. The number of ketones is 1. The van der Waals surface area contributed by atoms with Gasteiger partial charge in [0.2, 0.25) is 17.6 Å². The Labute approximate surface area is 453 Å². The van der Waals surface area contributed by atoms with Crippen molar-refractivity contribution in [3.63, 3.8) is 0 Å². The summed E-state index contributed by atoms with van der Waals surface area (Å²) < 4.78 is 39.6. The highest BCUT2D eigenvalue weighted by atomic mass is 35.5. The van der Waals surface area contributed by atoms with Gasteiger partial charge in [-0.3, -0.25) is 24.5 Å². The van der Waals surface area contributed by atoms with E-state index in [9.17, 15) is 23.6 Å². The van der Waals surface area contributed by atoms with Gasteiger partial charge in [-0.25, -0.2) is 8.78 Å². The van der Waals surface area contributed by atoms with Crippen LogP contribution >= 0.6 is 11.6 Å². The standard InChI is InChI=1S/C60H66ClF2N9O5/c1-3-55(74)65-24-31-77-38-40-21-28-70(29-22-40)48-23-30-72(54(34-48)67-45-13-9-27-71(37-45)47-14-8-12-44(62)33-47)52-20-19-50(63)56(39(52)2)57-49(60(76)68-51(35-53(64)73)42-10-7-11-43(61)32-42)36-66-58(57)59(75)41-15-17-46(18-16-41)69-25-5-4-6-26-69/h3,7-8,10-12,14-20,23,30,32-34,36,40,45,51H,1,4-6,9,13,21-22,24-29,31,35,37-38H2,2H3,(H5,64,65,66,68,73,74,75,76)/p+1/t45-,51+/m1/s1. The number of anilines is 4. The van der Waals surface area contributed by atoms with E-state index < -0.39 is 29.5 Å². The number of H-pyrrole nitrogens is 1. The van der Waals surface area contributed by atoms with E-state index in [4.69, 9.17) is 22.1 Å². The molecule has 0 aliphatic carbocycles. The summed E-state index contributed by atoms with van der Waals surface area (Å²) in [5.41, 5.74) is 10.5. The number of amides is 3. The average Bonchev–Trinajstić information content (AvgIpc) is 3.93. The lowest BCUT2D eigenvalue weighted by Gasteiger charge is -2.34. The van der Waals surface area contributed by atoms with Crippen LogP contribution in [0, 0.1) is 24.5 Å². The molecule has 3 amide bonds. The van der Waals surface area contributed by atoms with Crippen molar-refractivity contribution in [2.75, 3.05) is 79.0 Å². The van der Waals surface area contributed by atoms with E-state index in [0.29, 0.717) is 59.6 Å². The molecule has 6 N–H and O–H groups in total. The van der Waals surface area contributed by atoms with Crippen LogP contribution in [-0.4, -0.2) is 93.6 Å². The number of primary amides is 1. The summed E-state index contributed by atoms with van der Waals surface area (Å²) in [5.74, 6) is -1.88. The molecule has 17 heteroatoms. The van der Waals surface area contributed by atoms with Crippen molar-refractivity contribution in [2.24, 2.45) is 11.7 Å². The first kappa shape index (κ1) is 54.2. The number of piperidine rings is 3. The van der Waals surface area contributed by atoms with Gasteiger partial charge in [-0.1, -0.05) is 36.4 Å². The second-order valence-electron chi connectivity index (χ2n) is 20.2. The van der Waals surface area contributed by atoms with Crippen LogP contribution in [0.15, 0.2) is 122 Å². The van der Waals surface area contributed by atoms with E-state index in [2.05, 4.69) is 48.3 Å². The lowest BCUT2D eigenvalue weighted by molar-refractivity contribution is -0.581. The van der Waals surface area contributed by atoms with Crippen molar-refractivity contribution in [3.05, 3.63) is 167 Å². The van der Waals surface area contributed by atoms with Gasteiger partial charge >= 0.3 is 0 Å². The molecule has 3 aliphatic rings. The first-order valence-electron chi connectivity index (χ1n) is 26.6. The van der Waals surface area contributed by atoms with E-state index in [-0.39, 0.29) is 46.6 Å². The Balaban J connectivity index is 1.08. The number of carbonyl (C=O) groups is 4. The number of pyridine rings is 1. The largest absolute Gasteiger partial charge is 0.379 e. The molecule has 402 valence electrons. The molecule has 3 fully saturated rings. The van der Waals surface area contributed by atoms with Crippen LogP contribution < -0.4 is 41.0 Å². The van der Waals surface area contributed by atoms with Crippen molar-refractivity contribution in [1.29, 1.82) is 0 Å². The number of carbonyl (C=O) groups excluding carboxylic acids is 4. The Morgan fingerprint density at radius 2 is 1.58 bits per heavy atom. The fourth-order valence-electron chi connectivity index (χ4n) is 11.0. The zero-order chi connectivity index (χ0) is 54.0. The first-order chi connectivity index (χ1) is 37.3. The normalized spacial score (nSPS) is 16.4. The summed E-state index contributed by atoms with van der Waals surface area (Å²) in [4.78, 5) is 63.6. The van der Waals surface area contributed by atoms with Gasteiger partial charge in [0.25, 0.3) is 11.7 Å². The predicted octanol–water partition coefficient (Wildman–Crippen LogP) is 9.38. The van der Waals surface area contributed by atoms with Crippen LogP contribution in [0.4, 0.5) is 31.7 Å². The summed E-state index contributed by atoms with van der Waals surface area (Å²) in [6.45, 7) is 11.5. The average molecular weight is 1070 g/mol. The highest BCUT2D eigenvalue weighted by Crippen LogP contribution is 2.38. The van der Waals surface area contributed by atoms with Gasteiger partial charge < -0.3 is 40.8 Å². The predicted molar refractivity (Wildman–Crippen MR) is 298 cm³/mol. The minimum absolute atomic E-state index is 0.0134. The Morgan fingerprint density at radius 1 is 0.844 bits per heavy atom. The molecule has 2 aromatic heterocycles. The Kier molecular flexibility index (Phi) is 17.7. The highest BCUT2D eigenvalue weighted by Gasteiger charge is 2.33. The smallest absolute Gasteiger partial charge is 0.281 e.